The third-order valence-electron chi connectivity index (χ3n) is 3.63. The first-order valence-electron chi connectivity index (χ1n) is 6.61. The summed E-state index contributed by atoms with van der Waals surface area (Å²) >= 11 is 0. The summed E-state index contributed by atoms with van der Waals surface area (Å²) in [5, 5.41) is 3.17. The van der Waals surface area contributed by atoms with E-state index in [2.05, 4.69) is 43.4 Å². The van der Waals surface area contributed by atoms with E-state index in [9.17, 15) is 0 Å². The van der Waals surface area contributed by atoms with Crippen molar-refractivity contribution < 1.29 is 9.47 Å². The van der Waals surface area contributed by atoms with Gasteiger partial charge in [-0.05, 0) is 25.5 Å². The van der Waals surface area contributed by atoms with Crippen molar-refractivity contribution in [2.24, 2.45) is 0 Å². The summed E-state index contributed by atoms with van der Waals surface area (Å²) in [7, 11) is 1.93. The molecule has 3 nitrogen and oxygen atoms in total. The predicted octanol–water partition coefficient (Wildman–Crippen LogP) is 2.62. The van der Waals surface area contributed by atoms with Crippen molar-refractivity contribution in [2.45, 2.75) is 38.5 Å². The minimum absolute atomic E-state index is 0.285. The smallest absolute Gasteiger partial charge is 0.192 e. The molecular weight excluding hydrogens is 226 g/mol. The van der Waals surface area contributed by atoms with E-state index in [1.54, 1.807) is 0 Å². The summed E-state index contributed by atoms with van der Waals surface area (Å²) in [6.07, 6.45) is 0. The molecule has 0 radical (unpaired) electrons. The number of rotatable bonds is 3. The van der Waals surface area contributed by atoms with Gasteiger partial charge < -0.3 is 14.8 Å². The fraction of sp³-hybridized carbons (Fsp3) is 0.600. The van der Waals surface area contributed by atoms with Crippen LogP contribution in [0.5, 0.6) is 0 Å². The molecule has 1 heterocycles. The van der Waals surface area contributed by atoms with Gasteiger partial charge in [-0.3, -0.25) is 0 Å². The lowest BCUT2D eigenvalue weighted by Gasteiger charge is -2.38. The lowest BCUT2D eigenvalue weighted by atomic mass is 9.98. The molecule has 1 fully saturated rings. The largest absolute Gasteiger partial charge is 0.344 e. The molecular formula is C15H23NO2. The molecule has 100 valence electrons. The highest BCUT2D eigenvalue weighted by molar-refractivity contribution is 5.27. The maximum Gasteiger partial charge on any atom is 0.192 e. The highest BCUT2D eigenvalue weighted by Gasteiger charge is 2.34. The zero-order valence-corrected chi connectivity index (χ0v) is 11.7. The van der Waals surface area contributed by atoms with E-state index in [1.807, 2.05) is 14.0 Å². The summed E-state index contributed by atoms with van der Waals surface area (Å²) in [5.74, 6) is -0.0585. The Kier molecular flexibility index (Phi) is 4.05. The van der Waals surface area contributed by atoms with Crippen LogP contribution < -0.4 is 5.32 Å². The molecule has 18 heavy (non-hydrogen) atoms. The Hall–Kier alpha value is -0.900. The first kappa shape index (κ1) is 13.5. The molecule has 1 aromatic rings. The van der Waals surface area contributed by atoms with Crippen molar-refractivity contribution in [3.05, 3.63) is 35.4 Å². The number of likely N-dealkylation sites (N-methyl/N-ethyl adjacent to an activating group) is 1. The predicted molar refractivity (Wildman–Crippen MR) is 72.6 cm³/mol. The normalized spacial score (nSPS) is 28.6. The van der Waals surface area contributed by atoms with Crippen LogP contribution >= 0.6 is 0 Å². The Morgan fingerprint density at radius 2 is 1.72 bits per heavy atom. The SMILES string of the molecule is CNC1COC(C)(c2ccc(C(C)C)cc2)OC1. The quantitative estimate of drug-likeness (QED) is 0.893. The molecule has 0 saturated carbocycles. The lowest BCUT2D eigenvalue weighted by molar-refractivity contribution is -0.272. The molecule has 0 amide bonds. The lowest BCUT2D eigenvalue weighted by Crippen LogP contribution is -2.47. The van der Waals surface area contributed by atoms with Crippen LogP contribution in [0.2, 0.25) is 0 Å². The summed E-state index contributed by atoms with van der Waals surface area (Å²) in [4.78, 5) is 0. The Labute approximate surface area is 109 Å². The van der Waals surface area contributed by atoms with Crippen LogP contribution in [-0.2, 0) is 15.3 Å². The Morgan fingerprint density at radius 3 is 2.17 bits per heavy atom. The third-order valence-corrected chi connectivity index (χ3v) is 3.63. The number of benzene rings is 1. The van der Waals surface area contributed by atoms with Gasteiger partial charge in [-0.1, -0.05) is 38.1 Å². The monoisotopic (exact) mass is 249 g/mol. The van der Waals surface area contributed by atoms with Crippen molar-refractivity contribution in [3.8, 4) is 0 Å². The van der Waals surface area contributed by atoms with E-state index in [-0.39, 0.29) is 6.04 Å². The summed E-state index contributed by atoms with van der Waals surface area (Å²) in [5.41, 5.74) is 2.42. The fourth-order valence-electron chi connectivity index (χ4n) is 2.11. The van der Waals surface area contributed by atoms with Gasteiger partial charge in [-0.15, -0.1) is 0 Å². The summed E-state index contributed by atoms with van der Waals surface area (Å²) < 4.78 is 11.7. The first-order valence-corrected chi connectivity index (χ1v) is 6.61. The highest BCUT2D eigenvalue weighted by Crippen LogP contribution is 2.31. The van der Waals surface area contributed by atoms with Crippen LogP contribution in [0.25, 0.3) is 0 Å². The molecule has 1 saturated heterocycles. The number of hydrogen-bond donors (Lipinski definition) is 1. The average Bonchev–Trinajstić information content (AvgIpc) is 2.40. The van der Waals surface area contributed by atoms with Crippen LogP contribution in [0, 0.1) is 0 Å². The number of nitrogens with one attached hydrogen (secondary N) is 1. The number of ether oxygens (including phenoxy) is 2. The van der Waals surface area contributed by atoms with Gasteiger partial charge in [0.05, 0.1) is 19.3 Å². The summed E-state index contributed by atoms with van der Waals surface area (Å²) in [6, 6.07) is 8.81. The van der Waals surface area contributed by atoms with E-state index < -0.39 is 5.79 Å². The number of hydrogen-bond acceptors (Lipinski definition) is 3. The topological polar surface area (TPSA) is 30.5 Å². The van der Waals surface area contributed by atoms with Crippen LogP contribution in [-0.4, -0.2) is 26.3 Å². The van der Waals surface area contributed by atoms with Gasteiger partial charge in [-0.25, -0.2) is 0 Å². The van der Waals surface area contributed by atoms with Gasteiger partial charge in [0.15, 0.2) is 5.79 Å². The minimum Gasteiger partial charge on any atom is -0.344 e. The second-order valence-electron chi connectivity index (χ2n) is 5.33. The second kappa shape index (κ2) is 5.39. The molecule has 0 spiro atoms. The van der Waals surface area contributed by atoms with Crippen LogP contribution in [0.4, 0.5) is 0 Å². The van der Waals surface area contributed by atoms with Gasteiger partial charge in [0.1, 0.15) is 0 Å². The van der Waals surface area contributed by atoms with Crippen LogP contribution in [0.3, 0.4) is 0 Å². The Balaban J connectivity index is 2.11. The molecule has 0 aromatic heterocycles. The van der Waals surface area contributed by atoms with Crippen molar-refractivity contribution >= 4 is 0 Å². The first-order chi connectivity index (χ1) is 8.55. The molecule has 3 heteroatoms. The van der Waals surface area contributed by atoms with Gasteiger partial charge in [0.25, 0.3) is 0 Å². The van der Waals surface area contributed by atoms with Gasteiger partial charge >= 0.3 is 0 Å². The molecule has 1 aromatic carbocycles. The van der Waals surface area contributed by atoms with E-state index in [0.717, 1.165) is 5.56 Å². The molecule has 1 N–H and O–H groups in total. The van der Waals surface area contributed by atoms with Crippen molar-refractivity contribution in [1.29, 1.82) is 0 Å². The van der Waals surface area contributed by atoms with Crippen LogP contribution in [0.1, 0.15) is 37.8 Å². The van der Waals surface area contributed by atoms with E-state index >= 15 is 0 Å². The summed E-state index contributed by atoms with van der Waals surface area (Å²) in [6.45, 7) is 7.74. The average molecular weight is 249 g/mol. The van der Waals surface area contributed by atoms with Crippen molar-refractivity contribution in [1.82, 2.24) is 5.32 Å². The third kappa shape index (κ3) is 2.74. The molecule has 0 atom stereocenters. The van der Waals surface area contributed by atoms with E-state index in [4.69, 9.17) is 9.47 Å². The van der Waals surface area contributed by atoms with Crippen molar-refractivity contribution in [3.63, 3.8) is 0 Å². The van der Waals surface area contributed by atoms with Gasteiger partial charge in [0, 0.05) is 5.56 Å². The molecule has 2 rings (SSSR count). The Bertz CT molecular complexity index is 378. The maximum atomic E-state index is 5.87. The molecule has 1 aliphatic heterocycles. The van der Waals surface area contributed by atoms with E-state index in [0.29, 0.717) is 19.1 Å². The van der Waals surface area contributed by atoms with Crippen LogP contribution in [0.15, 0.2) is 24.3 Å². The molecule has 0 unspecified atom stereocenters. The zero-order chi connectivity index (χ0) is 13.2. The minimum atomic E-state index is -0.608. The molecule has 0 bridgehead atoms. The zero-order valence-electron chi connectivity index (χ0n) is 11.7. The van der Waals surface area contributed by atoms with E-state index in [1.165, 1.54) is 5.56 Å². The fourth-order valence-corrected chi connectivity index (χ4v) is 2.11. The standard InChI is InChI=1S/C15H23NO2/c1-11(2)12-5-7-13(8-6-12)15(3)17-9-14(16-4)10-18-15/h5-8,11,14,16H,9-10H2,1-4H3. The maximum absolute atomic E-state index is 5.87. The molecule has 1 aliphatic rings. The highest BCUT2D eigenvalue weighted by atomic mass is 16.7. The Morgan fingerprint density at radius 1 is 1.17 bits per heavy atom. The van der Waals surface area contributed by atoms with Gasteiger partial charge in [0.2, 0.25) is 0 Å². The van der Waals surface area contributed by atoms with Crippen molar-refractivity contribution in [2.75, 3.05) is 20.3 Å². The second-order valence-corrected chi connectivity index (χ2v) is 5.33. The van der Waals surface area contributed by atoms with Gasteiger partial charge in [-0.2, -0.15) is 0 Å². The molecule has 0 aliphatic carbocycles.